The summed E-state index contributed by atoms with van der Waals surface area (Å²) < 4.78 is 5.14. The van der Waals surface area contributed by atoms with Gasteiger partial charge in [0, 0.05) is 6.20 Å². The minimum absolute atomic E-state index is 0.221. The van der Waals surface area contributed by atoms with Gasteiger partial charge < -0.3 is 4.74 Å². The van der Waals surface area contributed by atoms with Gasteiger partial charge in [0.1, 0.15) is 11.3 Å². The van der Waals surface area contributed by atoms with Gasteiger partial charge in [-0.05, 0) is 32.9 Å². The molecule has 0 aliphatic heterocycles. The molecule has 0 aliphatic carbocycles. The molecule has 0 aliphatic rings. The first-order valence-electron chi connectivity index (χ1n) is 4.57. The molecule has 80 valence electrons. The molecule has 0 amide bonds. The van der Waals surface area contributed by atoms with Crippen LogP contribution >= 0.6 is 0 Å². The molecular formula is C11H13NO3. The van der Waals surface area contributed by atoms with E-state index in [1.165, 1.54) is 18.3 Å². The normalized spacial score (nSPS) is 10.9. The fourth-order valence-electron chi connectivity index (χ4n) is 0.977. The van der Waals surface area contributed by atoms with Gasteiger partial charge in [0.15, 0.2) is 6.29 Å². The predicted molar refractivity (Wildman–Crippen MR) is 54.8 cm³/mol. The van der Waals surface area contributed by atoms with Crippen molar-refractivity contribution in [2.24, 2.45) is 0 Å². The molecule has 0 N–H and O–H groups in total. The van der Waals surface area contributed by atoms with E-state index in [9.17, 15) is 9.59 Å². The molecule has 0 unspecified atom stereocenters. The molecule has 0 saturated heterocycles. The van der Waals surface area contributed by atoms with Crippen molar-refractivity contribution >= 4 is 12.3 Å². The number of pyridine rings is 1. The number of nitrogens with zero attached hydrogens (tertiary/aromatic N) is 1. The van der Waals surface area contributed by atoms with Crippen molar-refractivity contribution in [1.82, 2.24) is 4.98 Å². The third-order valence-electron chi connectivity index (χ3n) is 1.54. The van der Waals surface area contributed by atoms with Crippen LogP contribution in [-0.2, 0) is 4.74 Å². The molecule has 0 aromatic carbocycles. The Bertz CT molecular complexity index is 380. The monoisotopic (exact) mass is 207 g/mol. The fourth-order valence-corrected chi connectivity index (χ4v) is 0.977. The van der Waals surface area contributed by atoms with Crippen LogP contribution in [0.15, 0.2) is 18.3 Å². The van der Waals surface area contributed by atoms with Crippen molar-refractivity contribution in [2.45, 2.75) is 26.4 Å². The highest BCUT2D eigenvalue weighted by atomic mass is 16.6. The smallest absolute Gasteiger partial charge is 0.338 e. The minimum atomic E-state index is -0.540. The number of carbonyl (C=O) groups is 2. The summed E-state index contributed by atoms with van der Waals surface area (Å²) in [5, 5.41) is 0. The standard InChI is InChI=1S/C11H13NO3/c1-11(2,3)15-10(14)8-4-5-12-9(6-8)7-13/h4-7H,1-3H3. The molecule has 1 aromatic rings. The zero-order chi connectivity index (χ0) is 11.5. The molecule has 0 spiro atoms. The van der Waals surface area contributed by atoms with Crippen LogP contribution in [0.1, 0.15) is 41.6 Å². The van der Waals surface area contributed by atoms with Crippen molar-refractivity contribution in [3.8, 4) is 0 Å². The summed E-state index contributed by atoms with van der Waals surface area (Å²) in [7, 11) is 0. The van der Waals surface area contributed by atoms with Crippen LogP contribution in [0.5, 0.6) is 0 Å². The van der Waals surface area contributed by atoms with Crippen molar-refractivity contribution in [1.29, 1.82) is 0 Å². The number of ether oxygens (including phenoxy) is 1. The quantitative estimate of drug-likeness (QED) is 0.548. The van der Waals surface area contributed by atoms with E-state index in [-0.39, 0.29) is 5.69 Å². The van der Waals surface area contributed by atoms with Gasteiger partial charge in [-0.25, -0.2) is 4.79 Å². The SMILES string of the molecule is CC(C)(C)OC(=O)c1ccnc(C=O)c1. The van der Waals surface area contributed by atoms with Gasteiger partial charge in [-0.1, -0.05) is 0 Å². The average molecular weight is 207 g/mol. The van der Waals surface area contributed by atoms with Gasteiger partial charge in [0.2, 0.25) is 0 Å². The molecule has 15 heavy (non-hydrogen) atoms. The van der Waals surface area contributed by atoms with Crippen molar-refractivity contribution in [2.75, 3.05) is 0 Å². The first-order chi connectivity index (χ1) is 6.92. The van der Waals surface area contributed by atoms with E-state index in [4.69, 9.17) is 4.74 Å². The number of aromatic nitrogens is 1. The maximum Gasteiger partial charge on any atom is 0.338 e. The van der Waals surface area contributed by atoms with Gasteiger partial charge in [-0.3, -0.25) is 9.78 Å². The number of hydrogen-bond donors (Lipinski definition) is 0. The lowest BCUT2D eigenvalue weighted by Crippen LogP contribution is -2.24. The molecule has 0 fully saturated rings. The number of esters is 1. The lowest BCUT2D eigenvalue weighted by molar-refractivity contribution is 0.00694. The van der Waals surface area contributed by atoms with E-state index in [1.54, 1.807) is 20.8 Å². The Morgan fingerprint density at radius 1 is 1.47 bits per heavy atom. The summed E-state index contributed by atoms with van der Waals surface area (Å²) in [5.41, 5.74) is 0.0159. The Morgan fingerprint density at radius 2 is 2.13 bits per heavy atom. The van der Waals surface area contributed by atoms with Crippen LogP contribution in [0.25, 0.3) is 0 Å². The number of carbonyl (C=O) groups excluding carboxylic acids is 2. The van der Waals surface area contributed by atoms with Gasteiger partial charge in [0.25, 0.3) is 0 Å². The van der Waals surface area contributed by atoms with E-state index < -0.39 is 11.6 Å². The Morgan fingerprint density at radius 3 is 2.67 bits per heavy atom. The minimum Gasteiger partial charge on any atom is -0.456 e. The largest absolute Gasteiger partial charge is 0.456 e. The summed E-state index contributed by atoms with van der Waals surface area (Å²) in [6, 6.07) is 2.92. The van der Waals surface area contributed by atoms with Crippen LogP contribution in [0, 0.1) is 0 Å². The second-order valence-electron chi connectivity index (χ2n) is 4.09. The zero-order valence-electron chi connectivity index (χ0n) is 8.98. The molecular weight excluding hydrogens is 194 g/mol. The molecule has 0 atom stereocenters. The molecule has 1 heterocycles. The Labute approximate surface area is 88.3 Å². The number of hydrogen-bond acceptors (Lipinski definition) is 4. The Kier molecular flexibility index (Phi) is 3.19. The maximum absolute atomic E-state index is 11.6. The highest BCUT2D eigenvalue weighted by molar-refractivity contribution is 5.91. The Balaban J connectivity index is 2.87. The third-order valence-corrected chi connectivity index (χ3v) is 1.54. The number of aldehydes is 1. The second kappa shape index (κ2) is 4.21. The van der Waals surface area contributed by atoms with Gasteiger partial charge in [-0.15, -0.1) is 0 Å². The molecule has 0 radical (unpaired) electrons. The molecule has 4 nitrogen and oxygen atoms in total. The van der Waals surface area contributed by atoms with E-state index >= 15 is 0 Å². The first-order valence-corrected chi connectivity index (χ1v) is 4.57. The first kappa shape index (κ1) is 11.4. The molecule has 0 saturated carbocycles. The van der Waals surface area contributed by atoms with Crippen molar-refractivity contribution < 1.29 is 14.3 Å². The van der Waals surface area contributed by atoms with Crippen LogP contribution in [-0.4, -0.2) is 22.8 Å². The number of rotatable bonds is 2. The summed E-state index contributed by atoms with van der Waals surface area (Å²) in [6.07, 6.45) is 2.00. The highest BCUT2D eigenvalue weighted by Crippen LogP contribution is 2.11. The van der Waals surface area contributed by atoms with E-state index in [0.717, 1.165) is 0 Å². The lowest BCUT2D eigenvalue weighted by atomic mass is 10.2. The van der Waals surface area contributed by atoms with Crippen LogP contribution in [0.2, 0.25) is 0 Å². The van der Waals surface area contributed by atoms with Gasteiger partial charge in [-0.2, -0.15) is 0 Å². The fraction of sp³-hybridized carbons (Fsp3) is 0.364. The van der Waals surface area contributed by atoms with Crippen LogP contribution < -0.4 is 0 Å². The second-order valence-corrected chi connectivity index (χ2v) is 4.09. The van der Waals surface area contributed by atoms with Crippen LogP contribution in [0.4, 0.5) is 0 Å². The van der Waals surface area contributed by atoms with Gasteiger partial charge >= 0.3 is 5.97 Å². The topological polar surface area (TPSA) is 56.3 Å². The third kappa shape index (κ3) is 3.50. The summed E-state index contributed by atoms with van der Waals surface area (Å²) in [4.78, 5) is 25.8. The van der Waals surface area contributed by atoms with Crippen molar-refractivity contribution in [3.05, 3.63) is 29.6 Å². The zero-order valence-corrected chi connectivity index (χ0v) is 8.98. The van der Waals surface area contributed by atoms with E-state index in [2.05, 4.69) is 4.98 Å². The Hall–Kier alpha value is -1.71. The summed E-state index contributed by atoms with van der Waals surface area (Å²) in [6.45, 7) is 5.35. The molecule has 4 heteroatoms. The lowest BCUT2D eigenvalue weighted by Gasteiger charge is -2.19. The predicted octanol–water partition coefficient (Wildman–Crippen LogP) is 1.85. The molecule has 1 rings (SSSR count). The van der Waals surface area contributed by atoms with E-state index in [1.807, 2.05) is 0 Å². The van der Waals surface area contributed by atoms with Crippen LogP contribution in [0.3, 0.4) is 0 Å². The summed E-state index contributed by atoms with van der Waals surface area (Å²) in [5.74, 6) is -0.451. The highest BCUT2D eigenvalue weighted by Gasteiger charge is 2.17. The van der Waals surface area contributed by atoms with Crippen molar-refractivity contribution in [3.63, 3.8) is 0 Å². The molecule has 1 aromatic heterocycles. The molecule has 0 bridgehead atoms. The van der Waals surface area contributed by atoms with E-state index in [0.29, 0.717) is 11.8 Å². The summed E-state index contributed by atoms with van der Waals surface area (Å²) >= 11 is 0. The average Bonchev–Trinajstić information content (AvgIpc) is 2.15. The van der Waals surface area contributed by atoms with Gasteiger partial charge in [0.05, 0.1) is 5.56 Å². The maximum atomic E-state index is 11.6.